The molecule has 13 nitrogen and oxygen atoms in total. The van der Waals surface area contributed by atoms with E-state index >= 15 is 0 Å². The number of rotatable bonds is 14. The molecule has 13 heteroatoms. The molecule has 0 radical (unpaired) electrons. The van der Waals surface area contributed by atoms with E-state index in [1.165, 1.54) is 25.2 Å². The number of aromatic nitrogens is 2. The zero-order valence-electron chi connectivity index (χ0n) is 20.6. The number of nitrogens with two attached hydrogens (primary N) is 1. The van der Waals surface area contributed by atoms with Crippen molar-refractivity contribution in [3.8, 4) is 11.4 Å². The van der Waals surface area contributed by atoms with Crippen LogP contribution in [-0.4, -0.2) is 65.3 Å². The Labute approximate surface area is 214 Å². The molecule has 0 aliphatic rings. The molecule has 0 saturated carbocycles. The van der Waals surface area contributed by atoms with E-state index in [0.717, 1.165) is 5.56 Å². The quantitative estimate of drug-likeness (QED) is 0.0809. The van der Waals surface area contributed by atoms with E-state index in [0.29, 0.717) is 43.6 Å². The molecule has 1 aromatic heterocycles. The highest BCUT2D eigenvalue weighted by Crippen LogP contribution is 2.19. The van der Waals surface area contributed by atoms with Gasteiger partial charge in [0, 0.05) is 55.7 Å². The Kier molecular flexibility index (Phi) is 14.4. The third kappa shape index (κ3) is 14.9. The molecule has 37 heavy (non-hydrogen) atoms. The van der Waals surface area contributed by atoms with Gasteiger partial charge in [0.15, 0.2) is 5.82 Å². The van der Waals surface area contributed by atoms with E-state index in [1.54, 1.807) is 6.07 Å². The maximum atomic E-state index is 11.5. The summed E-state index contributed by atoms with van der Waals surface area (Å²) in [6.07, 6.45) is 4.07. The number of primary amides is 1. The second-order valence-corrected chi connectivity index (χ2v) is 7.32. The highest BCUT2D eigenvalue weighted by Gasteiger charge is 2.08. The van der Waals surface area contributed by atoms with Crippen molar-refractivity contribution < 1.29 is 19.3 Å². The molecule has 2 aromatic rings. The Morgan fingerprint density at radius 3 is 2.11 bits per heavy atom. The second-order valence-electron chi connectivity index (χ2n) is 7.32. The number of hydrogen-bond donors (Lipinski definition) is 5. The van der Waals surface area contributed by atoms with Gasteiger partial charge in [-0.3, -0.25) is 24.5 Å². The summed E-state index contributed by atoms with van der Waals surface area (Å²) in [7, 11) is 0. The summed E-state index contributed by atoms with van der Waals surface area (Å²) in [5, 5.41) is 21.9. The van der Waals surface area contributed by atoms with Gasteiger partial charge in [-0.05, 0) is 0 Å². The fourth-order valence-electron chi connectivity index (χ4n) is 2.61. The summed E-state index contributed by atoms with van der Waals surface area (Å²) in [6.45, 7) is 6.04. The number of amides is 3. The van der Waals surface area contributed by atoms with E-state index in [4.69, 9.17) is 5.73 Å². The molecule has 0 aliphatic heterocycles. The molecular weight excluding hydrogens is 480 g/mol. The molecule has 0 bridgehead atoms. The summed E-state index contributed by atoms with van der Waals surface area (Å²) in [4.78, 5) is 51.2. The van der Waals surface area contributed by atoms with Gasteiger partial charge < -0.3 is 27.0 Å². The van der Waals surface area contributed by atoms with Crippen LogP contribution in [-0.2, 0) is 14.4 Å². The van der Waals surface area contributed by atoms with Gasteiger partial charge in [-0.2, -0.15) is 0 Å². The molecule has 6 N–H and O–H groups in total. The monoisotopic (exact) mass is 512 g/mol. The second kappa shape index (κ2) is 17.6. The van der Waals surface area contributed by atoms with Crippen molar-refractivity contribution in [3.05, 3.63) is 71.3 Å². The predicted molar refractivity (Wildman–Crippen MR) is 141 cm³/mol. The number of anilines is 2. The van der Waals surface area contributed by atoms with Gasteiger partial charge in [0.1, 0.15) is 11.6 Å². The van der Waals surface area contributed by atoms with E-state index in [1.807, 2.05) is 30.3 Å². The molecule has 0 atom stereocenters. The highest BCUT2D eigenvalue weighted by atomic mass is 16.6. The van der Waals surface area contributed by atoms with Crippen molar-refractivity contribution in [2.24, 2.45) is 5.73 Å². The van der Waals surface area contributed by atoms with Crippen LogP contribution < -0.4 is 27.0 Å². The first-order chi connectivity index (χ1) is 17.7. The van der Waals surface area contributed by atoms with Crippen LogP contribution in [0.25, 0.3) is 11.4 Å². The number of nitrogens with one attached hydrogen (secondary N) is 4. The van der Waals surface area contributed by atoms with Gasteiger partial charge in [-0.1, -0.05) is 49.1 Å². The van der Waals surface area contributed by atoms with Crippen molar-refractivity contribution >= 4 is 29.4 Å². The maximum absolute atomic E-state index is 11.5. The number of carbonyl (C=O) groups is 3. The van der Waals surface area contributed by atoms with Crippen molar-refractivity contribution in [1.82, 2.24) is 20.6 Å². The number of allylic oxidation sites excluding steroid dienone is 2. The summed E-state index contributed by atoms with van der Waals surface area (Å²) in [5.74, 6) is 0.753. The molecule has 1 heterocycles. The zero-order chi connectivity index (χ0) is 27.5. The molecule has 198 valence electrons. The molecule has 0 unspecified atom stereocenters. The fourth-order valence-corrected chi connectivity index (χ4v) is 2.61. The van der Waals surface area contributed by atoms with Crippen LogP contribution in [0.5, 0.6) is 0 Å². The molecule has 0 fully saturated rings. The Bertz CT molecular complexity index is 1080. The van der Waals surface area contributed by atoms with Gasteiger partial charge in [0.25, 0.3) is 0 Å². The largest absolute Gasteiger partial charge is 0.368 e. The Hall–Kier alpha value is -4.81. The van der Waals surface area contributed by atoms with Gasteiger partial charge >= 0.3 is 0 Å². The van der Waals surface area contributed by atoms with E-state index < -0.39 is 10.8 Å². The smallest absolute Gasteiger partial charge is 0.241 e. The lowest BCUT2D eigenvalue weighted by molar-refractivity contribution is -0.478. The molecule has 0 spiro atoms. The van der Waals surface area contributed by atoms with Crippen LogP contribution in [0.2, 0.25) is 0 Å². The number of carbonyl (C=O) groups excluding carboxylic acids is 3. The van der Waals surface area contributed by atoms with Crippen LogP contribution in [0.1, 0.15) is 13.3 Å². The fraction of sp³-hybridized carbons (Fsp3) is 0.292. The lowest BCUT2D eigenvalue weighted by Crippen LogP contribution is -2.30. The minimum atomic E-state index is -0.524. The molecule has 2 rings (SSSR count). The van der Waals surface area contributed by atoms with E-state index in [-0.39, 0.29) is 24.8 Å². The Balaban J connectivity index is 0.000000856. The van der Waals surface area contributed by atoms with Crippen LogP contribution >= 0.6 is 0 Å². The van der Waals surface area contributed by atoms with Gasteiger partial charge in [0.2, 0.25) is 24.3 Å². The number of nitrogens with zero attached hydrogens (tertiary/aromatic N) is 3. The summed E-state index contributed by atoms with van der Waals surface area (Å²) < 4.78 is 0. The van der Waals surface area contributed by atoms with Crippen LogP contribution in [0, 0.1) is 10.1 Å². The predicted octanol–water partition coefficient (Wildman–Crippen LogP) is 1.10. The third-order valence-corrected chi connectivity index (χ3v) is 4.23. The summed E-state index contributed by atoms with van der Waals surface area (Å²) in [5.41, 5.74) is 5.55. The minimum Gasteiger partial charge on any atom is -0.368 e. The van der Waals surface area contributed by atoms with E-state index in [2.05, 4.69) is 37.8 Å². The van der Waals surface area contributed by atoms with Crippen LogP contribution in [0.3, 0.4) is 0 Å². The molecule has 1 aromatic carbocycles. The van der Waals surface area contributed by atoms with Crippen molar-refractivity contribution in [1.29, 1.82) is 0 Å². The van der Waals surface area contributed by atoms with Gasteiger partial charge in [-0.25, -0.2) is 9.97 Å². The first-order valence-corrected chi connectivity index (χ1v) is 11.3. The Morgan fingerprint density at radius 1 is 1.03 bits per heavy atom. The SMILES string of the molecule is C=CC=CC(N)=O.CC(=O)NCCNc1cc(NCCNC(=O)CC[N+](=O)[O-])nc(-c2ccccc2)n1. The lowest BCUT2D eigenvalue weighted by Gasteiger charge is -2.12. The minimum absolute atomic E-state index is 0.105. The average molecular weight is 513 g/mol. The van der Waals surface area contributed by atoms with Crippen molar-refractivity contribution in [2.45, 2.75) is 13.3 Å². The molecule has 0 aliphatic carbocycles. The van der Waals surface area contributed by atoms with Crippen molar-refractivity contribution in [3.63, 3.8) is 0 Å². The van der Waals surface area contributed by atoms with Gasteiger partial charge in [0.05, 0.1) is 6.42 Å². The van der Waals surface area contributed by atoms with Gasteiger partial charge in [-0.15, -0.1) is 0 Å². The highest BCUT2D eigenvalue weighted by molar-refractivity contribution is 5.85. The summed E-state index contributed by atoms with van der Waals surface area (Å²) >= 11 is 0. The maximum Gasteiger partial charge on any atom is 0.241 e. The van der Waals surface area contributed by atoms with Crippen molar-refractivity contribution in [2.75, 3.05) is 43.4 Å². The number of hydrogen-bond acceptors (Lipinski definition) is 9. The Morgan fingerprint density at radius 2 is 1.62 bits per heavy atom. The lowest BCUT2D eigenvalue weighted by atomic mass is 10.2. The normalized spacial score (nSPS) is 9.97. The number of benzene rings is 1. The number of nitro groups is 1. The molecule has 3 amide bonds. The first kappa shape index (κ1) is 30.2. The van der Waals surface area contributed by atoms with Crippen LogP contribution in [0.15, 0.2) is 61.2 Å². The molecular formula is C24H32N8O5. The first-order valence-electron chi connectivity index (χ1n) is 11.3. The zero-order valence-corrected chi connectivity index (χ0v) is 20.6. The standard InChI is InChI=1S/C19H25N7O4.C5H7NO/c1-14(27)20-8-9-21-16-13-17(22-10-11-23-18(28)7-12-26(29)30)25-19(24-16)15-5-3-2-4-6-15;1-2-3-4-5(6)7/h2-6,13H,7-12H2,1H3,(H,20,27)(H,23,28)(H2,21,22,24,25);2-4H,1H2,(H2,6,7). The third-order valence-electron chi connectivity index (χ3n) is 4.23. The van der Waals surface area contributed by atoms with E-state index in [9.17, 15) is 24.5 Å². The summed E-state index contributed by atoms with van der Waals surface area (Å²) in [6, 6.07) is 11.2. The topological polar surface area (TPSA) is 194 Å². The average Bonchev–Trinajstić information content (AvgIpc) is 2.87. The molecule has 0 saturated heterocycles. The van der Waals surface area contributed by atoms with Crippen LogP contribution in [0.4, 0.5) is 11.6 Å².